The number of rotatable bonds is 4. The predicted octanol–water partition coefficient (Wildman–Crippen LogP) is 2.10. The smallest absolute Gasteiger partial charge is 0.331 e. The van der Waals surface area contributed by atoms with E-state index in [2.05, 4.69) is 10.3 Å². The lowest BCUT2D eigenvalue weighted by molar-refractivity contribution is -0.380. The molecule has 0 amide bonds. The Kier molecular flexibility index (Phi) is 3.90. The number of halogens is 1. The highest BCUT2D eigenvalue weighted by Gasteiger charge is 2.19. The summed E-state index contributed by atoms with van der Waals surface area (Å²) in [6.07, 6.45) is 0. The normalized spacial score (nSPS) is 11.3. The van der Waals surface area contributed by atoms with Crippen LogP contribution < -0.4 is 10.5 Å². The van der Waals surface area contributed by atoms with Gasteiger partial charge in [-0.15, -0.1) is 0 Å². The summed E-state index contributed by atoms with van der Waals surface area (Å²) in [6.45, 7) is 0. The van der Waals surface area contributed by atoms with Crippen molar-refractivity contribution < 1.29 is 13.3 Å². The minimum absolute atomic E-state index is 0.0359. The summed E-state index contributed by atoms with van der Waals surface area (Å²) in [4.78, 5) is 13.7. The van der Waals surface area contributed by atoms with Gasteiger partial charge >= 0.3 is 5.00 Å². The molecule has 20 heavy (non-hydrogen) atoms. The molecule has 2 aromatic rings. The van der Waals surface area contributed by atoms with Crippen LogP contribution in [-0.2, 0) is 10.0 Å². The van der Waals surface area contributed by atoms with Crippen molar-refractivity contribution in [2.45, 2.75) is 4.90 Å². The maximum atomic E-state index is 11.1. The van der Waals surface area contributed by atoms with Crippen molar-refractivity contribution in [2.75, 3.05) is 5.32 Å². The molecule has 0 aliphatic heterocycles. The van der Waals surface area contributed by atoms with E-state index in [4.69, 9.17) is 16.7 Å². The van der Waals surface area contributed by atoms with E-state index in [0.29, 0.717) is 5.69 Å². The molecule has 0 radical (unpaired) electrons. The number of nitrogens with zero attached hydrogens (tertiary/aromatic N) is 2. The maximum absolute atomic E-state index is 11.1. The third kappa shape index (κ3) is 3.22. The van der Waals surface area contributed by atoms with Crippen LogP contribution in [0.5, 0.6) is 0 Å². The zero-order valence-corrected chi connectivity index (χ0v) is 12.0. The third-order valence-electron chi connectivity index (χ3n) is 2.17. The molecule has 0 bridgehead atoms. The van der Waals surface area contributed by atoms with Crippen molar-refractivity contribution in [1.29, 1.82) is 0 Å². The molecule has 2 rings (SSSR count). The van der Waals surface area contributed by atoms with Gasteiger partial charge in [0.2, 0.25) is 15.2 Å². The van der Waals surface area contributed by atoms with Gasteiger partial charge in [-0.05, 0) is 35.6 Å². The first-order valence-electron chi connectivity index (χ1n) is 4.98. The Bertz CT molecular complexity index is 757. The molecule has 0 aliphatic rings. The van der Waals surface area contributed by atoms with E-state index in [1.807, 2.05) is 0 Å². The molecule has 0 fully saturated rings. The lowest BCUT2D eigenvalue weighted by Gasteiger charge is -2.03. The largest absolute Gasteiger partial charge is 0.364 e. The predicted molar refractivity (Wildman–Crippen MR) is 74.9 cm³/mol. The minimum Gasteiger partial charge on any atom is -0.331 e. The molecule has 1 heterocycles. The number of hydrogen-bond acceptors (Lipinski definition) is 7. The van der Waals surface area contributed by atoms with Crippen molar-refractivity contribution in [3.05, 3.63) is 39.5 Å². The monoisotopic (exact) mass is 334 g/mol. The van der Waals surface area contributed by atoms with Crippen molar-refractivity contribution >= 4 is 48.8 Å². The second kappa shape index (κ2) is 5.32. The van der Waals surface area contributed by atoms with Crippen molar-refractivity contribution in [3.63, 3.8) is 0 Å². The average molecular weight is 335 g/mol. The standard InChI is InChI=1S/C9H7ClN4O4S2/c10-7-8(14(15)16)19-9(13-7)12-5-1-3-6(4-2-5)20(11,17)18/h1-4H,(H,12,13)(H2,11,17,18). The van der Waals surface area contributed by atoms with E-state index < -0.39 is 14.9 Å². The van der Waals surface area contributed by atoms with E-state index in [1.165, 1.54) is 24.3 Å². The van der Waals surface area contributed by atoms with Gasteiger partial charge in [0.25, 0.3) is 0 Å². The van der Waals surface area contributed by atoms with E-state index in [9.17, 15) is 18.5 Å². The van der Waals surface area contributed by atoms with Crippen LogP contribution in [0.3, 0.4) is 0 Å². The number of benzene rings is 1. The van der Waals surface area contributed by atoms with E-state index >= 15 is 0 Å². The van der Waals surface area contributed by atoms with Crippen molar-refractivity contribution in [1.82, 2.24) is 4.98 Å². The summed E-state index contributed by atoms with van der Waals surface area (Å²) in [5.74, 6) is 0. The van der Waals surface area contributed by atoms with Crippen LogP contribution in [0.25, 0.3) is 0 Å². The Morgan fingerprint density at radius 2 is 1.95 bits per heavy atom. The average Bonchev–Trinajstić information content (AvgIpc) is 2.70. The summed E-state index contributed by atoms with van der Waals surface area (Å²) in [5.41, 5.74) is 0.498. The highest BCUT2D eigenvalue weighted by molar-refractivity contribution is 7.89. The summed E-state index contributed by atoms with van der Waals surface area (Å²) in [6, 6.07) is 5.53. The summed E-state index contributed by atoms with van der Waals surface area (Å²) < 4.78 is 22.2. The number of nitro groups is 1. The van der Waals surface area contributed by atoms with Gasteiger partial charge in [-0.3, -0.25) is 10.1 Å². The molecule has 1 aromatic heterocycles. The maximum Gasteiger partial charge on any atom is 0.364 e. The zero-order chi connectivity index (χ0) is 14.9. The number of aromatic nitrogens is 1. The third-order valence-corrected chi connectivity index (χ3v) is 4.40. The van der Waals surface area contributed by atoms with E-state index in [1.54, 1.807) is 0 Å². The Hall–Kier alpha value is -1.75. The van der Waals surface area contributed by atoms with Gasteiger partial charge in [0.05, 0.1) is 9.82 Å². The number of hydrogen-bond donors (Lipinski definition) is 2. The van der Waals surface area contributed by atoms with Crippen LogP contribution in [-0.4, -0.2) is 18.3 Å². The summed E-state index contributed by atoms with van der Waals surface area (Å²) >= 11 is 6.39. The molecule has 1 aromatic carbocycles. The number of sulfonamides is 1. The Morgan fingerprint density at radius 1 is 1.35 bits per heavy atom. The number of primary sulfonamides is 1. The van der Waals surface area contributed by atoms with Crippen LogP contribution >= 0.6 is 22.9 Å². The molecular formula is C9H7ClN4O4S2. The molecule has 0 spiro atoms. The number of anilines is 2. The Morgan fingerprint density at radius 3 is 2.40 bits per heavy atom. The fraction of sp³-hybridized carbons (Fsp3) is 0. The van der Waals surface area contributed by atoms with Crippen LogP contribution in [0.15, 0.2) is 29.2 Å². The van der Waals surface area contributed by atoms with Gasteiger partial charge in [-0.1, -0.05) is 11.6 Å². The second-order valence-electron chi connectivity index (χ2n) is 3.57. The van der Waals surface area contributed by atoms with Crippen LogP contribution in [0.1, 0.15) is 0 Å². The highest BCUT2D eigenvalue weighted by atomic mass is 35.5. The first-order chi connectivity index (χ1) is 9.27. The van der Waals surface area contributed by atoms with Gasteiger partial charge < -0.3 is 5.32 Å². The van der Waals surface area contributed by atoms with Gasteiger partial charge in [0, 0.05) is 5.69 Å². The quantitative estimate of drug-likeness (QED) is 0.650. The molecule has 0 saturated carbocycles. The molecule has 0 atom stereocenters. The molecule has 11 heteroatoms. The van der Waals surface area contributed by atoms with E-state index in [0.717, 1.165) is 11.3 Å². The zero-order valence-electron chi connectivity index (χ0n) is 9.61. The van der Waals surface area contributed by atoms with Gasteiger partial charge in [0.15, 0.2) is 5.13 Å². The summed E-state index contributed by atoms with van der Waals surface area (Å²) in [7, 11) is -3.76. The molecule has 0 saturated heterocycles. The number of nitrogens with one attached hydrogen (secondary N) is 1. The SMILES string of the molecule is NS(=O)(=O)c1ccc(Nc2nc(Cl)c([N+](=O)[O-])s2)cc1. The van der Waals surface area contributed by atoms with Gasteiger partial charge in [-0.2, -0.15) is 0 Å². The van der Waals surface area contributed by atoms with Crippen LogP contribution in [0, 0.1) is 10.1 Å². The second-order valence-corrected chi connectivity index (χ2v) is 6.46. The molecule has 0 unspecified atom stereocenters. The number of nitrogens with two attached hydrogens (primary N) is 1. The Balaban J connectivity index is 2.22. The fourth-order valence-electron chi connectivity index (χ4n) is 1.31. The Labute approximate surface area is 122 Å². The first kappa shape index (κ1) is 14.7. The minimum atomic E-state index is -3.76. The highest BCUT2D eigenvalue weighted by Crippen LogP contribution is 2.35. The molecule has 8 nitrogen and oxygen atoms in total. The van der Waals surface area contributed by atoms with Gasteiger partial charge in [0.1, 0.15) is 0 Å². The van der Waals surface area contributed by atoms with Crippen LogP contribution in [0.4, 0.5) is 15.8 Å². The lowest BCUT2D eigenvalue weighted by atomic mass is 10.3. The van der Waals surface area contributed by atoms with Crippen molar-refractivity contribution in [2.24, 2.45) is 5.14 Å². The summed E-state index contributed by atoms with van der Waals surface area (Å²) in [5, 5.41) is 18.1. The van der Waals surface area contributed by atoms with Crippen LogP contribution in [0.2, 0.25) is 5.15 Å². The van der Waals surface area contributed by atoms with E-state index in [-0.39, 0.29) is 20.2 Å². The molecule has 106 valence electrons. The fourth-order valence-corrected chi connectivity index (χ4v) is 2.84. The topological polar surface area (TPSA) is 128 Å². The number of thiazole rings is 1. The molecule has 3 N–H and O–H groups in total. The molecular weight excluding hydrogens is 328 g/mol. The first-order valence-corrected chi connectivity index (χ1v) is 7.72. The lowest BCUT2D eigenvalue weighted by Crippen LogP contribution is -2.11. The molecule has 0 aliphatic carbocycles. The van der Waals surface area contributed by atoms with Crippen molar-refractivity contribution in [3.8, 4) is 0 Å². The van der Waals surface area contributed by atoms with Gasteiger partial charge in [-0.25, -0.2) is 18.5 Å².